The van der Waals surface area contributed by atoms with Gasteiger partial charge < -0.3 is 9.88 Å². The Labute approximate surface area is 179 Å². The highest BCUT2D eigenvalue weighted by atomic mass is 32.2. The first-order chi connectivity index (χ1) is 14.3. The zero-order valence-electron chi connectivity index (χ0n) is 18.2. The van der Waals surface area contributed by atoms with E-state index in [4.69, 9.17) is 0 Å². The molecule has 1 saturated carbocycles. The lowest BCUT2D eigenvalue weighted by atomic mass is 9.94. The highest BCUT2D eigenvalue weighted by Crippen LogP contribution is 2.31. The van der Waals surface area contributed by atoms with Crippen LogP contribution in [0.4, 0.5) is 0 Å². The minimum absolute atomic E-state index is 0.00281. The lowest BCUT2D eigenvalue weighted by Gasteiger charge is -2.34. The van der Waals surface area contributed by atoms with Gasteiger partial charge in [-0.15, -0.1) is 0 Å². The summed E-state index contributed by atoms with van der Waals surface area (Å²) in [5, 5.41) is 0.764. The molecule has 0 radical (unpaired) electrons. The number of rotatable bonds is 7. The fourth-order valence-electron chi connectivity index (χ4n) is 4.67. The maximum atomic E-state index is 13.2. The summed E-state index contributed by atoms with van der Waals surface area (Å²) in [6, 6.07) is 6.93. The maximum Gasteiger partial charge on any atom is 0.270 e. The van der Waals surface area contributed by atoms with E-state index in [2.05, 4.69) is 25.8 Å². The van der Waals surface area contributed by atoms with Gasteiger partial charge >= 0.3 is 0 Å². The summed E-state index contributed by atoms with van der Waals surface area (Å²) >= 11 is 0. The van der Waals surface area contributed by atoms with E-state index in [9.17, 15) is 13.2 Å². The Morgan fingerprint density at radius 3 is 2.50 bits per heavy atom. The molecule has 7 heteroatoms. The van der Waals surface area contributed by atoms with Crippen molar-refractivity contribution in [3.05, 3.63) is 30.0 Å². The van der Waals surface area contributed by atoms with Crippen LogP contribution in [-0.4, -0.2) is 54.7 Å². The molecule has 2 atom stereocenters. The van der Waals surface area contributed by atoms with Gasteiger partial charge in [-0.25, -0.2) is 8.42 Å². The number of fused-ring (bicyclic) bond motifs is 1. The first-order valence-electron chi connectivity index (χ1n) is 11.2. The van der Waals surface area contributed by atoms with Crippen LogP contribution in [0.1, 0.15) is 56.9 Å². The summed E-state index contributed by atoms with van der Waals surface area (Å²) in [5.41, 5.74) is 1.33. The Morgan fingerprint density at radius 2 is 1.87 bits per heavy atom. The Balaban J connectivity index is 1.59. The normalized spacial score (nSPS) is 23.0. The SMILES string of the molecule is CCCN(CC1CC1)C(=O)c1cc2cc(S(=O)(=O)N3CC(C)CC(C)C3)ccc2[nH]1. The minimum Gasteiger partial charge on any atom is -0.351 e. The zero-order valence-corrected chi connectivity index (χ0v) is 19.0. The summed E-state index contributed by atoms with van der Waals surface area (Å²) < 4.78 is 28.1. The molecule has 1 saturated heterocycles. The van der Waals surface area contributed by atoms with Crippen LogP contribution < -0.4 is 0 Å². The molecule has 1 amide bonds. The molecule has 2 fully saturated rings. The molecule has 4 rings (SSSR count). The molecule has 1 N–H and O–H groups in total. The number of nitrogens with zero attached hydrogens (tertiary/aromatic N) is 2. The van der Waals surface area contributed by atoms with E-state index in [0.29, 0.717) is 41.4 Å². The average molecular weight is 432 g/mol. The van der Waals surface area contributed by atoms with Crippen LogP contribution in [0.3, 0.4) is 0 Å². The summed E-state index contributed by atoms with van der Waals surface area (Å²) in [6.07, 6.45) is 4.39. The Kier molecular flexibility index (Phi) is 5.95. The van der Waals surface area contributed by atoms with E-state index in [-0.39, 0.29) is 5.91 Å². The Hall–Kier alpha value is -1.86. The van der Waals surface area contributed by atoms with Crippen molar-refractivity contribution >= 4 is 26.8 Å². The number of sulfonamides is 1. The number of H-pyrrole nitrogens is 1. The van der Waals surface area contributed by atoms with E-state index in [1.807, 2.05) is 4.90 Å². The molecule has 1 aromatic heterocycles. The predicted octanol–water partition coefficient (Wildman–Crippen LogP) is 4.10. The molecular formula is C23H33N3O3S. The van der Waals surface area contributed by atoms with Crippen LogP contribution in [0.5, 0.6) is 0 Å². The third kappa shape index (κ3) is 4.42. The van der Waals surface area contributed by atoms with Crippen molar-refractivity contribution in [1.29, 1.82) is 0 Å². The molecular weight excluding hydrogens is 398 g/mol. The number of carbonyl (C=O) groups is 1. The summed E-state index contributed by atoms with van der Waals surface area (Å²) in [7, 11) is -3.54. The van der Waals surface area contributed by atoms with Gasteiger partial charge in [0.05, 0.1) is 4.90 Å². The number of benzene rings is 1. The number of nitrogens with one attached hydrogen (secondary N) is 1. The van der Waals surface area contributed by atoms with Crippen LogP contribution in [0.25, 0.3) is 10.9 Å². The average Bonchev–Trinajstić information content (AvgIpc) is 3.41. The fraction of sp³-hybridized carbons (Fsp3) is 0.609. The van der Waals surface area contributed by atoms with E-state index in [0.717, 1.165) is 36.8 Å². The number of hydrogen-bond acceptors (Lipinski definition) is 3. The molecule has 30 heavy (non-hydrogen) atoms. The maximum absolute atomic E-state index is 13.2. The first-order valence-corrected chi connectivity index (χ1v) is 12.6. The molecule has 2 unspecified atom stereocenters. The number of hydrogen-bond donors (Lipinski definition) is 1. The van der Waals surface area contributed by atoms with Crippen LogP contribution in [-0.2, 0) is 10.0 Å². The monoisotopic (exact) mass is 431 g/mol. The smallest absolute Gasteiger partial charge is 0.270 e. The highest BCUT2D eigenvalue weighted by molar-refractivity contribution is 7.89. The zero-order chi connectivity index (χ0) is 21.5. The van der Waals surface area contributed by atoms with Crippen molar-refractivity contribution in [2.45, 2.75) is 51.3 Å². The largest absolute Gasteiger partial charge is 0.351 e. The Bertz CT molecular complexity index is 1020. The van der Waals surface area contributed by atoms with Gasteiger partial charge in [0.15, 0.2) is 0 Å². The summed E-state index contributed by atoms with van der Waals surface area (Å²) in [5.74, 6) is 1.36. The topological polar surface area (TPSA) is 73.5 Å². The second kappa shape index (κ2) is 8.35. The molecule has 1 aliphatic carbocycles. The van der Waals surface area contributed by atoms with Crippen molar-refractivity contribution in [2.75, 3.05) is 26.2 Å². The van der Waals surface area contributed by atoms with Gasteiger partial charge in [-0.1, -0.05) is 20.8 Å². The molecule has 2 aromatic rings. The quantitative estimate of drug-likeness (QED) is 0.717. The molecule has 0 spiro atoms. The molecule has 1 aromatic carbocycles. The van der Waals surface area contributed by atoms with Gasteiger partial charge in [0.25, 0.3) is 5.91 Å². The summed E-state index contributed by atoms with van der Waals surface area (Å²) in [4.78, 5) is 18.5. The minimum atomic E-state index is -3.54. The lowest BCUT2D eigenvalue weighted by molar-refractivity contribution is 0.0743. The van der Waals surface area contributed by atoms with Gasteiger partial charge in [0, 0.05) is 37.1 Å². The van der Waals surface area contributed by atoms with Crippen LogP contribution in [0, 0.1) is 17.8 Å². The second-order valence-electron chi connectivity index (χ2n) is 9.39. The number of carbonyl (C=O) groups excluding carboxylic acids is 1. The lowest BCUT2D eigenvalue weighted by Crippen LogP contribution is -2.42. The van der Waals surface area contributed by atoms with E-state index < -0.39 is 10.0 Å². The molecule has 0 bridgehead atoms. The second-order valence-corrected chi connectivity index (χ2v) is 11.3. The van der Waals surface area contributed by atoms with Crippen LogP contribution >= 0.6 is 0 Å². The van der Waals surface area contributed by atoms with Crippen molar-refractivity contribution in [2.24, 2.45) is 17.8 Å². The number of piperidine rings is 1. The van der Waals surface area contributed by atoms with Gasteiger partial charge in [0.2, 0.25) is 10.0 Å². The van der Waals surface area contributed by atoms with Gasteiger partial charge in [-0.05, 0) is 67.7 Å². The van der Waals surface area contributed by atoms with Crippen molar-refractivity contribution < 1.29 is 13.2 Å². The van der Waals surface area contributed by atoms with E-state index >= 15 is 0 Å². The predicted molar refractivity (Wildman–Crippen MR) is 119 cm³/mol. The van der Waals surface area contributed by atoms with Gasteiger partial charge in [-0.2, -0.15) is 4.31 Å². The van der Waals surface area contributed by atoms with E-state index in [1.165, 1.54) is 12.8 Å². The van der Waals surface area contributed by atoms with Crippen LogP contribution in [0.2, 0.25) is 0 Å². The van der Waals surface area contributed by atoms with Crippen LogP contribution in [0.15, 0.2) is 29.2 Å². The van der Waals surface area contributed by atoms with E-state index in [1.54, 1.807) is 28.6 Å². The molecule has 6 nitrogen and oxygen atoms in total. The Morgan fingerprint density at radius 1 is 1.17 bits per heavy atom. The van der Waals surface area contributed by atoms with Gasteiger partial charge in [0.1, 0.15) is 5.69 Å². The molecule has 164 valence electrons. The number of aromatic nitrogens is 1. The standard InChI is InChI=1S/C23H33N3O3S/c1-4-9-25(15-18-5-6-18)23(27)22-12-19-11-20(7-8-21(19)24-22)30(28,29)26-13-16(2)10-17(3)14-26/h7-8,11-12,16-18,24H,4-6,9-10,13-15H2,1-3H3. The van der Waals surface area contributed by atoms with Gasteiger partial charge in [-0.3, -0.25) is 4.79 Å². The molecule has 2 heterocycles. The number of amides is 1. The fourth-order valence-corrected chi connectivity index (χ4v) is 6.38. The van der Waals surface area contributed by atoms with Crippen molar-refractivity contribution in [3.63, 3.8) is 0 Å². The number of aromatic amines is 1. The third-order valence-electron chi connectivity index (χ3n) is 6.25. The first kappa shape index (κ1) is 21.4. The summed E-state index contributed by atoms with van der Waals surface area (Å²) in [6.45, 7) is 8.98. The third-order valence-corrected chi connectivity index (χ3v) is 8.08. The van der Waals surface area contributed by atoms with Crippen molar-refractivity contribution in [1.82, 2.24) is 14.2 Å². The molecule has 2 aliphatic rings. The highest BCUT2D eigenvalue weighted by Gasteiger charge is 2.32. The molecule has 1 aliphatic heterocycles. The van der Waals surface area contributed by atoms with Crippen molar-refractivity contribution in [3.8, 4) is 0 Å².